The van der Waals surface area contributed by atoms with E-state index in [9.17, 15) is 8.42 Å². The second kappa shape index (κ2) is 6.68. The summed E-state index contributed by atoms with van der Waals surface area (Å²) in [6, 6.07) is -0.0153. The molecular weight excluding hydrogens is 236 g/mol. The third-order valence-electron chi connectivity index (χ3n) is 2.18. The van der Waals surface area contributed by atoms with E-state index in [1.54, 1.807) is 7.05 Å². The van der Waals surface area contributed by atoms with Crippen molar-refractivity contribution in [2.75, 3.05) is 26.0 Å². The number of nitrogens with zero attached hydrogens (tertiary/aromatic N) is 2. The largest absolute Gasteiger partial charge is 0.281 e. The fourth-order valence-corrected chi connectivity index (χ4v) is 3.07. The van der Waals surface area contributed by atoms with E-state index in [0.717, 1.165) is 0 Å². The minimum Gasteiger partial charge on any atom is -0.195 e. The predicted octanol–water partition coefficient (Wildman–Crippen LogP) is 1.52. The van der Waals surface area contributed by atoms with Gasteiger partial charge in [-0.1, -0.05) is 6.92 Å². The van der Waals surface area contributed by atoms with Gasteiger partial charge in [-0.2, -0.15) is 17.0 Å². The molecule has 0 amide bonds. The normalized spacial score (nSPS) is 13.1. The highest BCUT2D eigenvalue weighted by molar-refractivity contribution is 7.86. The Hall–Kier alpha value is 0.160. The molecule has 0 aliphatic rings. The maximum Gasteiger partial charge on any atom is 0.281 e. The van der Waals surface area contributed by atoms with Gasteiger partial charge in [0, 0.05) is 32.1 Å². The van der Waals surface area contributed by atoms with Gasteiger partial charge in [0.25, 0.3) is 10.2 Å². The smallest absolute Gasteiger partial charge is 0.195 e. The van der Waals surface area contributed by atoms with Crippen LogP contribution in [-0.2, 0) is 10.2 Å². The molecule has 0 bridgehead atoms. The number of hydrogen-bond donors (Lipinski definition) is 0. The minimum absolute atomic E-state index is 0.0153. The molecule has 0 aromatic carbocycles. The highest BCUT2D eigenvalue weighted by Crippen LogP contribution is 2.10. The monoisotopic (exact) mass is 256 g/mol. The molecule has 92 valence electrons. The lowest BCUT2D eigenvalue weighted by Gasteiger charge is -2.29. The van der Waals surface area contributed by atoms with Crippen LogP contribution in [0.1, 0.15) is 27.2 Å². The van der Waals surface area contributed by atoms with Crippen molar-refractivity contribution >= 4 is 21.8 Å². The van der Waals surface area contributed by atoms with Crippen LogP contribution < -0.4 is 0 Å². The Bertz CT molecular complexity index is 267. The molecule has 4 nitrogen and oxygen atoms in total. The Labute approximate surface area is 98.4 Å². The molecule has 0 unspecified atom stereocenters. The van der Waals surface area contributed by atoms with Crippen LogP contribution in [0.3, 0.4) is 0 Å². The highest BCUT2D eigenvalue weighted by atomic mass is 35.5. The third-order valence-corrected chi connectivity index (χ3v) is 4.69. The topological polar surface area (TPSA) is 40.6 Å². The minimum atomic E-state index is -3.31. The summed E-state index contributed by atoms with van der Waals surface area (Å²) < 4.78 is 26.9. The second-order valence-corrected chi connectivity index (χ2v) is 6.03. The molecule has 6 heteroatoms. The van der Waals surface area contributed by atoms with Gasteiger partial charge in [0.2, 0.25) is 0 Å². The Kier molecular flexibility index (Phi) is 6.75. The summed E-state index contributed by atoms with van der Waals surface area (Å²) in [7, 11) is -1.72. The molecule has 0 aromatic rings. The van der Waals surface area contributed by atoms with E-state index in [1.165, 1.54) is 8.61 Å². The van der Waals surface area contributed by atoms with Crippen LogP contribution in [0, 0.1) is 0 Å². The first-order valence-electron chi connectivity index (χ1n) is 5.17. The van der Waals surface area contributed by atoms with Crippen molar-refractivity contribution < 1.29 is 8.42 Å². The molecular formula is C9H21ClN2O2S. The van der Waals surface area contributed by atoms with E-state index in [1.807, 2.05) is 20.8 Å². The highest BCUT2D eigenvalue weighted by Gasteiger charge is 2.27. The second-order valence-electron chi connectivity index (χ2n) is 3.67. The Morgan fingerprint density at radius 3 is 2.20 bits per heavy atom. The molecule has 0 saturated heterocycles. The van der Waals surface area contributed by atoms with Gasteiger partial charge in [0.05, 0.1) is 0 Å². The Balaban J connectivity index is 4.63. The van der Waals surface area contributed by atoms with Gasteiger partial charge < -0.3 is 0 Å². The summed E-state index contributed by atoms with van der Waals surface area (Å²) in [4.78, 5) is 0. The van der Waals surface area contributed by atoms with Crippen molar-refractivity contribution in [1.82, 2.24) is 8.61 Å². The number of halogens is 1. The summed E-state index contributed by atoms with van der Waals surface area (Å²) in [5.74, 6) is 0.480. The summed E-state index contributed by atoms with van der Waals surface area (Å²) in [6.07, 6.45) is 0.674. The molecule has 0 heterocycles. The van der Waals surface area contributed by atoms with E-state index >= 15 is 0 Å². The lowest BCUT2D eigenvalue weighted by Crippen LogP contribution is -2.45. The lowest BCUT2D eigenvalue weighted by molar-refractivity contribution is 0.329. The predicted molar refractivity (Wildman–Crippen MR) is 64.4 cm³/mol. The summed E-state index contributed by atoms with van der Waals surface area (Å²) in [5, 5.41) is 0. The van der Waals surface area contributed by atoms with Crippen LogP contribution in [0.5, 0.6) is 0 Å². The fraction of sp³-hybridized carbons (Fsp3) is 1.00. The summed E-state index contributed by atoms with van der Waals surface area (Å²) >= 11 is 5.54. The SMILES string of the molecule is CCN(C(C)C)S(=O)(=O)N(C)CCCCl. The lowest BCUT2D eigenvalue weighted by atomic mass is 10.4. The molecule has 15 heavy (non-hydrogen) atoms. The summed E-state index contributed by atoms with van der Waals surface area (Å²) in [6.45, 7) is 6.54. The van der Waals surface area contributed by atoms with E-state index in [-0.39, 0.29) is 6.04 Å². The van der Waals surface area contributed by atoms with Gasteiger partial charge in [-0.15, -0.1) is 11.6 Å². The van der Waals surface area contributed by atoms with Crippen molar-refractivity contribution in [3.63, 3.8) is 0 Å². The molecule has 0 spiro atoms. The molecule has 0 aliphatic carbocycles. The number of rotatable bonds is 7. The van der Waals surface area contributed by atoms with E-state index in [2.05, 4.69) is 0 Å². The van der Waals surface area contributed by atoms with Crippen LogP contribution in [-0.4, -0.2) is 49.1 Å². The van der Waals surface area contributed by atoms with Crippen LogP contribution in [0.2, 0.25) is 0 Å². The van der Waals surface area contributed by atoms with Crippen molar-refractivity contribution in [2.24, 2.45) is 0 Å². The zero-order chi connectivity index (χ0) is 12.1. The summed E-state index contributed by atoms with van der Waals surface area (Å²) in [5.41, 5.74) is 0. The molecule has 0 saturated carbocycles. The first-order chi connectivity index (χ1) is 6.87. The van der Waals surface area contributed by atoms with E-state index in [4.69, 9.17) is 11.6 Å². The molecule has 0 radical (unpaired) electrons. The van der Waals surface area contributed by atoms with E-state index in [0.29, 0.717) is 25.4 Å². The first-order valence-corrected chi connectivity index (χ1v) is 7.10. The molecule has 0 fully saturated rings. The maximum atomic E-state index is 12.0. The number of hydrogen-bond acceptors (Lipinski definition) is 2. The van der Waals surface area contributed by atoms with Gasteiger partial charge in [-0.05, 0) is 20.3 Å². The van der Waals surface area contributed by atoms with Gasteiger partial charge in [0.15, 0.2) is 0 Å². The van der Waals surface area contributed by atoms with E-state index < -0.39 is 10.2 Å². The molecule has 0 aliphatic heterocycles. The average molecular weight is 257 g/mol. The Morgan fingerprint density at radius 1 is 1.33 bits per heavy atom. The first kappa shape index (κ1) is 15.2. The van der Waals surface area contributed by atoms with Crippen LogP contribution in [0.25, 0.3) is 0 Å². The van der Waals surface area contributed by atoms with Gasteiger partial charge in [0.1, 0.15) is 0 Å². The number of alkyl halides is 1. The fourth-order valence-electron chi connectivity index (χ4n) is 1.37. The quantitative estimate of drug-likeness (QED) is 0.648. The van der Waals surface area contributed by atoms with Crippen molar-refractivity contribution in [3.05, 3.63) is 0 Å². The van der Waals surface area contributed by atoms with Crippen LogP contribution >= 0.6 is 11.6 Å². The zero-order valence-corrected chi connectivity index (χ0v) is 11.5. The molecule has 0 N–H and O–H groups in total. The van der Waals surface area contributed by atoms with Gasteiger partial charge in [-0.25, -0.2) is 0 Å². The standard InChI is InChI=1S/C9H21ClN2O2S/c1-5-12(9(2)3)15(13,14)11(4)8-6-7-10/h9H,5-8H2,1-4H3. The third kappa shape index (κ3) is 4.26. The van der Waals surface area contributed by atoms with Crippen molar-refractivity contribution in [1.29, 1.82) is 0 Å². The van der Waals surface area contributed by atoms with Crippen molar-refractivity contribution in [3.8, 4) is 0 Å². The van der Waals surface area contributed by atoms with Gasteiger partial charge >= 0.3 is 0 Å². The Morgan fingerprint density at radius 2 is 1.87 bits per heavy atom. The molecule has 0 aromatic heterocycles. The van der Waals surface area contributed by atoms with Crippen molar-refractivity contribution in [2.45, 2.75) is 33.2 Å². The zero-order valence-electron chi connectivity index (χ0n) is 9.90. The molecule has 0 rings (SSSR count). The average Bonchev–Trinajstić information content (AvgIpc) is 2.13. The molecule has 0 atom stereocenters. The van der Waals surface area contributed by atoms with Gasteiger partial charge in [-0.3, -0.25) is 0 Å². The van der Waals surface area contributed by atoms with Crippen LogP contribution in [0.4, 0.5) is 0 Å². The van der Waals surface area contributed by atoms with Crippen LogP contribution in [0.15, 0.2) is 0 Å². The maximum absolute atomic E-state index is 12.0.